The molecule has 1 aromatic rings. The second-order valence-corrected chi connectivity index (χ2v) is 6.90. The van der Waals surface area contributed by atoms with E-state index in [9.17, 15) is 15.0 Å². The summed E-state index contributed by atoms with van der Waals surface area (Å²) in [6.07, 6.45) is 2.29. The van der Waals surface area contributed by atoms with E-state index in [4.69, 9.17) is 0 Å². The number of benzene rings is 1. The lowest BCUT2D eigenvalue weighted by Gasteiger charge is -2.21. The lowest BCUT2D eigenvalue weighted by Crippen LogP contribution is -2.28. The molecule has 1 aromatic carbocycles. The molecule has 0 bridgehead atoms. The summed E-state index contributed by atoms with van der Waals surface area (Å²) in [4.78, 5) is 14.5. The summed E-state index contributed by atoms with van der Waals surface area (Å²) in [5.74, 6) is 1.48. The summed E-state index contributed by atoms with van der Waals surface area (Å²) in [5, 5.41) is 19.3. The van der Waals surface area contributed by atoms with E-state index >= 15 is 0 Å². The van der Waals surface area contributed by atoms with Crippen molar-refractivity contribution in [2.24, 2.45) is 11.8 Å². The monoisotopic (exact) mass is 289 g/mol. The standard InChI is InChI=1S/C17H23NO3/c1-17(21)8-13-10-18(11-14(13)9-17)7-6-16(20)12-2-4-15(19)5-3-12/h2-5,13-14,19,21H,6-11H2,1H3/t13-,14+,17?. The number of likely N-dealkylation sites (tertiary alicyclic amines) is 1. The first-order valence-electron chi connectivity index (χ1n) is 7.70. The van der Waals surface area contributed by atoms with E-state index in [-0.39, 0.29) is 11.5 Å². The first kappa shape index (κ1) is 14.5. The summed E-state index contributed by atoms with van der Waals surface area (Å²) in [5.41, 5.74) is 0.179. The Bertz CT molecular complexity index is 507. The van der Waals surface area contributed by atoms with E-state index in [0.717, 1.165) is 32.5 Å². The molecule has 0 radical (unpaired) electrons. The molecule has 0 amide bonds. The van der Waals surface area contributed by atoms with Crippen LogP contribution in [0.25, 0.3) is 0 Å². The number of hydrogen-bond donors (Lipinski definition) is 2. The van der Waals surface area contributed by atoms with Crippen LogP contribution in [-0.2, 0) is 0 Å². The minimum Gasteiger partial charge on any atom is -0.508 e. The second kappa shape index (κ2) is 5.43. The Kier molecular flexibility index (Phi) is 3.76. The maximum absolute atomic E-state index is 12.1. The van der Waals surface area contributed by atoms with Gasteiger partial charge >= 0.3 is 0 Å². The van der Waals surface area contributed by atoms with E-state index in [2.05, 4.69) is 4.90 Å². The van der Waals surface area contributed by atoms with Gasteiger partial charge in [0.2, 0.25) is 0 Å². The number of rotatable bonds is 4. The van der Waals surface area contributed by atoms with Crippen LogP contribution < -0.4 is 0 Å². The largest absolute Gasteiger partial charge is 0.508 e. The molecule has 1 heterocycles. The molecule has 114 valence electrons. The van der Waals surface area contributed by atoms with Gasteiger partial charge in [-0.25, -0.2) is 0 Å². The third-order valence-corrected chi connectivity index (χ3v) is 4.90. The Labute approximate surface area is 125 Å². The molecule has 1 saturated carbocycles. The lowest BCUT2D eigenvalue weighted by molar-refractivity contribution is 0.0541. The summed E-state index contributed by atoms with van der Waals surface area (Å²) in [7, 11) is 0. The predicted molar refractivity (Wildman–Crippen MR) is 80.3 cm³/mol. The number of carbonyl (C=O) groups is 1. The highest BCUT2D eigenvalue weighted by Crippen LogP contribution is 2.43. The fourth-order valence-electron chi connectivity index (χ4n) is 3.95. The molecule has 1 saturated heterocycles. The van der Waals surface area contributed by atoms with Gasteiger partial charge < -0.3 is 15.1 Å². The van der Waals surface area contributed by atoms with E-state index in [0.29, 0.717) is 23.8 Å². The van der Waals surface area contributed by atoms with Crippen LogP contribution in [0.2, 0.25) is 0 Å². The molecular weight excluding hydrogens is 266 g/mol. The van der Waals surface area contributed by atoms with Gasteiger partial charge in [0.25, 0.3) is 0 Å². The molecule has 4 nitrogen and oxygen atoms in total. The third-order valence-electron chi connectivity index (χ3n) is 4.90. The Morgan fingerprint density at radius 1 is 1.24 bits per heavy atom. The average molecular weight is 289 g/mol. The van der Waals surface area contributed by atoms with Crippen molar-refractivity contribution in [3.63, 3.8) is 0 Å². The van der Waals surface area contributed by atoms with Gasteiger partial charge in [0, 0.05) is 31.6 Å². The number of hydrogen-bond acceptors (Lipinski definition) is 4. The molecule has 1 aliphatic heterocycles. The van der Waals surface area contributed by atoms with Crippen LogP contribution >= 0.6 is 0 Å². The third kappa shape index (κ3) is 3.27. The molecule has 0 spiro atoms. The SMILES string of the molecule is CC1(O)C[C@H]2CN(CCC(=O)c3ccc(O)cc3)C[C@H]2C1. The Hall–Kier alpha value is -1.39. The number of nitrogens with zero attached hydrogens (tertiary/aromatic N) is 1. The van der Waals surface area contributed by atoms with Crippen molar-refractivity contribution in [1.29, 1.82) is 0 Å². The van der Waals surface area contributed by atoms with Gasteiger partial charge in [-0.05, 0) is 55.9 Å². The number of fused-ring (bicyclic) bond motifs is 1. The Morgan fingerprint density at radius 2 is 1.81 bits per heavy atom. The number of carbonyl (C=O) groups excluding carboxylic acids is 1. The molecule has 0 aromatic heterocycles. The van der Waals surface area contributed by atoms with E-state index in [1.54, 1.807) is 24.3 Å². The predicted octanol–water partition coefficient (Wildman–Crippen LogP) is 2.06. The zero-order valence-electron chi connectivity index (χ0n) is 12.5. The van der Waals surface area contributed by atoms with Crippen LogP contribution in [-0.4, -0.2) is 46.1 Å². The van der Waals surface area contributed by atoms with Crippen molar-refractivity contribution in [1.82, 2.24) is 4.90 Å². The summed E-state index contributed by atoms with van der Waals surface area (Å²) in [6, 6.07) is 6.45. The van der Waals surface area contributed by atoms with E-state index in [1.807, 2.05) is 6.92 Å². The van der Waals surface area contributed by atoms with Crippen LogP contribution in [0.5, 0.6) is 5.75 Å². The minimum atomic E-state index is -0.483. The number of ketones is 1. The van der Waals surface area contributed by atoms with Crippen LogP contribution in [0.15, 0.2) is 24.3 Å². The van der Waals surface area contributed by atoms with Gasteiger partial charge in [0.1, 0.15) is 5.75 Å². The van der Waals surface area contributed by atoms with Gasteiger partial charge in [-0.3, -0.25) is 4.79 Å². The summed E-state index contributed by atoms with van der Waals surface area (Å²) >= 11 is 0. The molecule has 2 N–H and O–H groups in total. The quantitative estimate of drug-likeness (QED) is 0.833. The highest BCUT2D eigenvalue weighted by Gasteiger charge is 2.45. The molecular formula is C17H23NO3. The van der Waals surface area contributed by atoms with Crippen molar-refractivity contribution in [2.75, 3.05) is 19.6 Å². The number of phenolic OH excluding ortho intramolecular Hbond substituents is 1. The average Bonchev–Trinajstić information content (AvgIpc) is 2.89. The maximum Gasteiger partial charge on any atom is 0.164 e. The van der Waals surface area contributed by atoms with Gasteiger partial charge in [-0.15, -0.1) is 0 Å². The smallest absolute Gasteiger partial charge is 0.164 e. The first-order valence-corrected chi connectivity index (χ1v) is 7.70. The van der Waals surface area contributed by atoms with Gasteiger partial charge in [-0.1, -0.05) is 0 Å². The summed E-state index contributed by atoms with van der Waals surface area (Å²) in [6.45, 7) is 4.73. The molecule has 2 fully saturated rings. The minimum absolute atomic E-state index is 0.124. The Morgan fingerprint density at radius 3 is 2.38 bits per heavy atom. The van der Waals surface area contributed by atoms with Gasteiger partial charge in [-0.2, -0.15) is 0 Å². The molecule has 1 unspecified atom stereocenters. The fourth-order valence-corrected chi connectivity index (χ4v) is 3.95. The number of aromatic hydroxyl groups is 1. The van der Waals surface area contributed by atoms with Crippen LogP contribution in [0, 0.1) is 11.8 Å². The van der Waals surface area contributed by atoms with E-state index < -0.39 is 5.60 Å². The second-order valence-electron chi connectivity index (χ2n) is 6.90. The molecule has 1 aliphatic carbocycles. The Balaban J connectivity index is 1.49. The van der Waals surface area contributed by atoms with Crippen LogP contribution in [0.1, 0.15) is 36.5 Å². The van der Waals surface area contributed by atoms with Crippen LogP contribution in [0.4, 0.5) is 0 Å². The normalized spacial score (nSPS) is 32.3. The molecule has 3 rings (SSSR count). The van der Waals surface area contributed by atoms with Crippen LogP contribution in [0.3, 0.4) is 0 Å². The molecule has 4 heteroatoms. The van der Waals surface area contributed by atoms with Crippen molar-refractivity contribution >= 4 is 5.78 Å². The maximum atomic E-state index is 12.1. The zero-order valence-corrected chi connectivity index (χ0v) is 12.5. The fraction of sp³-hybridized carbons (Fsp3) is 0.588. The zero-order chi connectivity index (χ0) is 15.0. The molecule has 21 heavy (non-hydrogen) atoms. The number of aliphatic hydroxyl groups is 1. The highest BCUT2D eigenvalue weighted by molar-refractivity contribution is 5.96. The van der Waals surface area contributed by atoms with E-state index in [1.165, 1.54) is 0 Å². The first-order chi connectivity index (χ1) is 9.93. The van der Waals surface area contributed by atoms with Crippen molar-refractivity contribution in [2.45, 2.75) is 31.8 Å². The van der Waals surface area contributed by atoms with Crippen molar-refractivity contribution in [3.05, 3.63) is 29.8 Å². The molecule has 2 aliphatic rings. The topological polar surface area (TPSA) is 60.8 Å². The highest BCUT2D eigenvalue weighted by atomic mass is 16.3. The lowest BCUT2D eigenvalue weighted by atomic mass is 10.0. The molecule has 3 atom stereocenters. The number of phenols is 1. The van der Waals surface area contributed by atoms with Gasteiger partial charge in [0.15, 0.2) is 5.78 Å². The van der Waals surface area contributed by atoms with Gasteiger partial charge in [0.05, 0.1) is 5.60 Å². The summed E-state index contributed by atoms with van der Waals surface area (Å²) < 4.78 is 0. The van der Waals surface area contributed by atoms with Crippen molar-refractivity contribution < 1.29 is 15.0 Å². The van der Waals surface area contributed by atoms with Crippen molar-refractivity contribution in [3.8, 4) is 5.75 Å². The number of Topliss-reactive ketones (excluding diaryl/α,β-unsaturated/α-hetero) is 1.